The number of nitrogens with two attached hydrogens (primary N) is 1. The summed E-state index contributed by atoms with van der Waals surface area (Å²) >= 11 is 0. The quantitative estimate of drug-likeness (QED) is 0.536. The number of piperidine rings is 1. The first-order valence-corrected chi connectivity index (χ1v) is 3.86. The number of hydrazine groups is 1. The average Bonchev–Trinajstić information content (AvgIpc) is 1.89. The van der Waals surface area contributed by atoms with Gasteiger partial charge in [-0.25, -0.2) is 5.01 Å². The van der Waals surface area contributed by atoms with Gasteiger partial charge in [0.15, 0.2) is 0 Å². The molecule has 0 amide bonds. The van der Waals surface area contributed by atoms with Gasteiger partial charge in [0.2, 0.25) is 0 Å². The first-order chi connectivity index (χ1) is 4.34. The molecule has 2 nitrogen and oxygen atoms in total. The monoisotopic (exact) mass is 128 g/mol. The van der Waals surface area contributed by atoms with Crippen molar-refractivity contribution in [3.05, 3.63) is 0 Å². The van der Waals surface area contributed by atoms with Gasteiger partial charge in [0.05, 0.1) is 0 Å². The van der Waals surface area contributed by atoms with Gasteiger partial charge in [0.25, 0.3) is 0 Å². The third-order valence-electron chi connectivity index (χ3n) is 2.14. The normalized spacial score (nSPS) is 30.7. The fourth-order valence-electron chi connectivity index (χ4n) is 1.46. The molecule has 1 fully saturated rings. The summed E-state index contributed by atoms with van der Waals surface area (Å²) in [5.74, 6) is 5.72. The summed E-state index contributed by atoms with van der Waals surface area (Å²) in [6.07, 6.45) is 5.16. The van der Waals surface area contributed by atoms with Gasteiger partial charge in [0, 0.05) is 12.6 Å². The van der Waals surface area contributed by atoms with Crippen molar-refractivity contribution in [1.82, 2.24) is 5.01 Å². The third-order valence-corrected chi connectivity index (χ3v) is 2.14. The van der Waals surface area contributed by atoms with Gasteiger partial charge in [-0.05, 0) is 19.3 Å². The number of hydrogen-bond donors (Lipinski definition) is 1. The van der Waals surface area contributed by atoms with Crippen LogP contribution in [-0.4, -0.2) is 17.6 Å². The van der Waals surface area contributed by atoms with Gasteiger partial charge in [-0.2, -0.15) is 0 Å². The van der Waals surface area contributed by atoms with Crippen LogP contribution in [0.3, 0.4) is 0 Å². The second-order valence-corrected chi connectivity index (χ2v) is 2.80. The van der Waals surface area contributed by atoms with Crippen LogP contribution >= 0.6 is 0 Å². The molecule has 2 N–H and O–H groups in total. The predicted molar refractivity (Wildman–Crippen MR) is 38.8 cm³/mol. The van der Waals surface area contributed by atoms with Crippen molar-refractivity contribution in [2.45, 2.75) is 38.6 Å². The SMILES string of the molecule is CC[C@H]1CCCCN1N. The lowest BCUT2D eigenvalue weighted by molar-refractivity contribution is 0.146. The zero-order chi connectivity index (χ0) is 6.69. The van der Waals surface area contributed by atoms with Crippen molar-refractivity contribution in [3.8, 4) is 0 Å². The molecule has 2 heteroatoms. The highest BCUT2D eigenvalue weighted by atomic mass is 15.4. The van der Waals surface area contributed by atoms with Crippen LogP contribution in [0, 0.1) is 0 Å². The first-order valence-electron chi connectivity index (χ1n) is 3.86. The highest BCUT2D eigenvalue weighted by Gasteiger charge is 2.16. The van der Waals surface area contributed by atoms with Crippen molar-refractivity contribution in [2.75, 3.05) is 6.54 Å². The molecule has 54 valence electrons. The molecule has 0 aliphatic carbocycles. The largest absolute Gasteiger partial charge is 0.269 e. The summed E-state index contributed by atoms with van der Waals surface area (Å²) in [6.45, 7) is 3.30. The summed E-state index contributed by atoms with van der Waals surface area (Å²) in [4.78, 5) is 0. The number of hydrogen-bond acceptors (Lipinski definition) is 2. The van der Waals surface area contributed by atoms with Crippen molar-refractivity contribution in [2.24, 2.45) is 5.84 Å². The van der Waals surface area contributed by atoms with Gasteiger partial charge >= 0.3 is 0 Å². The van der Waals surface area contributed by atoms with Crippen LogP contribution in [0.4, 0.5) is 0 Å². The zero-order valence-electron chi connectivity index (χ0n) is 6.14. The van der Waals surface area contributed by atoms with E-state index in [1.807, 2.05) is 5.01 Å². The lowest BCUT2D eigenvalue weighted by Crippen LogP contribution is -2.43. The Balaban J connectivity index is 2.30. The van der Waals surface area contributed by atoms with Crippen LogP contribution in [-0.2, 0) is 0 Å². The molecule has 0 aromatic carbocycles. The highest BCUT2D eigenvalue weighted by molar-refractivity contribution is 4.70. The summed E-state index contributed by atoms with van der Waals surface area (Å²) in [6, 6.07) is 0.666. The summed E-state index contributed by atoms with van der Waals surface area (Å²) < 4.78 is 0. The fraction of sp³-hybridized carbons (Fsp3) is 1.00. The Morgan fingerprint density at radius 1 is 1.56 bits per heavy atom. The first kappa shape index (κ1) is 7.03. The van der Waals surface area contributed by atoms with Crippen molar-refractivity contribution in [3.63, 3.8) is 0 Å². The molecular formula is C7H16N2. The molecule has 1 aliphatic rings. The van der Waals surface area contributed by atoms with E-state index in [2.05, 4.69) is 6.92 Å². The lowest BCUT2D eigenvalue weighted by atomic mass is 10.0. The topological polar surface area (TPSA) is 29.3 Å². The van der Waals surface area contributed by atoms with E-state index in [0.29, 0.717) is 6.04 Å². The van der Waals surface area contributed by atoms with E-state index in [1.54, 1.807) is 0 Å². The molecular weight excluding hydrogens is 112 g/mol. The average molecular weight is 128 g/mol. The molecule has 0 radical (unpaired) electrons. The minimum atomic E-state index is 0.666. The second-order valence-electron chi connectivity index (χ2n) is 2.80. The molecule has 1 rings (SSSR count). The van der Waals surface area contributed by atoms with E-state index >= 15 is 0 Å². The van der Waals surface area contributed by atoms with E-state index in [4.69, 9.17) is 5.84 Å². The number of rotatable bonds is 1. The molecule has 0 spiro atoms. The molecule has 1 atom stereocenters. The maximum atomic E-state index is 5.72. The van der Waals surface area contributed by atoms with Crippen LogP contribution in [0.5, 0.6) is 0 Å². The van der Waals surface area contributed by atoms with Crippen molar-refractivity contribution in [1.29, 1.82) is 0 Å². The Bertz CT molecular complexity index is 83.0. The van der Waals surface area contributed by atoms with Gasteiger partial charge in [0.1, 0.15) is 0 Å². The Labute approximate surface area is 57.0 Å². The molecule has 0 aromatic rings. The van der Waals surface area contributed by atoms with Gasteiger partial charge in [-0.1, -0.05) is 13.3 Å². The zero-order valence-corrected chi connectivity index (χ0v) is 6.14. The van der Waals surface area contributed by atoms with Crippen molar-refractivity contribution < 1.29 is 0 Å². The van der Waals surface area contributed by atoms with Crippen LogP contribution < -0.4 is 5.84 Å². The van der Waals surface area contributed by atoms with Gasteiger partial charge in [-0.3, -0.25) is 5.84 Å². The van der Waals surface area contributed by atoms with Crippen LogP contribution in [0.1, 0.15) is 32.6 Å². The Morgan fingerprint density at radius 2 is 2.33 bits per heavy atom. The van der Waals surface area contributed by atoms with E-state index in [0.717, 1.165) is 6.54 Å². The van der Waals surface area contributed by atoms with Gasteiger partial charge in [-0.15, -0.1) is 0 Å². The van der Waals surface area contributed by atoms with Crippen molar-refractivity contribution >= 4 is 0 Å². The highest BCUT2D eigenvalue weighted by Crippen LogP contribution is 2.15. The van der Waals surface area contributed by atoms with E-state index in [1.165, 1.54) is 25.7 Å². The Kier molecular flexibility index (Phi) is 2.49. The summed E-state index contributed by atoms with van der Waals surface area (Å²) in [5.41, 5.74) is 0. The molecule has 0 aromatic heterocycles. The third kappa shape index (κ3) is 1.66. The maximum Gasteiger partial charge on any atom is 0.0238 e. The Morgan fingerprint density at radius 3 is 2.78 bits per heavy atom. The smallest absolute Gasteiger partial charge is 0.0238 e. The molecule has 1 aliphatic heterocycles. The van der Waals surface area contributed by atoms with Crippen LogP contribution in [0.2, 0.25) is 0 Å². The van der Waals surface area contributed by atoms with E-state index in [-0.39, 0.29) is 0 Å². The minimum absolute atomic E-state index is 0.666. The van der Waals surface area contributed by atoms with E-state index in [9.17, 15) is 0 Å². The standard InChI is InChI=1S/C7H16N2/c1-2-7-5-3-4-6-9(7)8/h7H,2-6,8H2,1H3/t7-/m0/s1. The molecule has 9 heavy (non-hydrogen) atoms. The molecule has 0 saturated carbocycles. The molecule has 1 heterocycles. The maximum absolute atomic E-state index is 5.72. The summed E-state index contributed by atoms with van der Waals surface area (Å²) in [7, 11) is 0. The molecule has 0 bridgehead atoms. The molecule has 0 unspecified atom stereocenters. The molecule has 1 saturated heterocycles. The lowest BCUT2D eigenvalue weighted by Gasteiger charge is -2.30. The number of nitrogens with zero attached hydrogens (tertiary/aromatic N) is 1. The predicted octanol–water partition coefficient (Wildman–Crippen LogP) is 1.12. The van der Waals surface area contributed by atoms with Crippen LogP contribution in [0.25, 0.3) is 0 Å². The fourth-order valence-corrected chi connectivity index (χ4v) is 1.46. The minimum Gasteiger partial charge on any atom is -0.269 e. The van der Waals surface area contributed by atoms with Crippen LogP contribution in [0.15, 0.2) is 0 Å². The van der Waals surface area contributed by atoms with E-state index < -0.39 is 0 Å². The second kappa shape index (κ2) is 3.18. The van der Waals surface area contributed by atoms with Gasteiger partial charge < -0.3 is 0 Å². The Hall–Kier alpha value is -0.0800. The summed E-state index contributed by atoms with van der Waals surface area (Å²) in [5, 5.41) is 1.99.